The van der Waals surface area contributed by atoms with Crippen LogP contribution in [0.2, 0.25) is 0 Å². The Morgan fingerprint density at radius 1 is 1.10 bits per heavy atom. The number of carbonyl (C=O) groups is 2. The monoisotopic (exact) mass is 866 g/mol. The Bertz CT molecular complexity index is 1570. The molecule has 15 heteroatoms. The topological polar surface area (TPSA) is 226 Å². The molecule has 1 amide bonds. The highest BCUT2D eigenvalue weighted by Gasteiger charge is 2.52. The molecule has 348 valence electrons. The molecule has 0 radical (unpaired) electrons. The van der Waals surface area contributed by atoms with Gasteiger partial charge in [0.1, 0.15) is 12.2 Å². The number of cyclic esters (lactones) is 1. The number of allylic oxidation sites excluding steroid dienone is 6. The first kappa shape index (κ1) is 52.2. The van der Waals surface area contributed by atoms with Crippen LogP contribution in [0.1, 0.15) is 94.9 Å². The number of esters is 1. The number of primary amides is 1. The van der Waals surface area contributed by atoms with Crippen molar-refractivity contribution in [2.75, 3.05) is 14.2 Å². The number of methoxy groups -OCH3 is 2. The van der Waals surface area contributed by atoms with Crippen molar-refractivity contribution < 1.29 is 68.3 Å². The zero-order chi connectivity index (χ0) is 45.9. The van der Waals surface area contributed by atoms with Crippen LogP contribution in [0.15, 0.2) is 59.4 Å². The molecule has 3 aliphatic heterocycles. The van der Waals surface area contributed by atoms with E-state index in [9.17, 15) is 35.1 Å². The van der Waals surface area contributed by atoms with Gasteiger partial charge in [0.05, 0.1) is 49.8 Å². The van der Waals surface area contributed by atoms with Crippen LogP contribution in [0, 0.1) is 35.5 Å². The second-order valence-corrected chi connectivity index (χ2v) is 17.5. The van der Waals surface area contributed by atoms with Gasteiger partial charge < -0.3 is 64.4 Å². The molecule has 2 unspecified atom stereocenters. The molecule has 3 heterocycles. The number of hydrogen-bond acceptors (Lipinski definition) is 14. The number of carbonyl (C=O) groups excluding carboxylic acids is 2. The van der Waals surface area contributed by atoms with Gasteiger partial charge in [-0.3, -0.25) is 0 Å². The van der Waals surface area contributed by atoms with Crippen molar-refractivity contribution in [2.24, 2.45) is 41.2 Å². The molecular formula is C46H75NO14. The van der Waals surface area contributed by atoms with Gasteiger partial charge in [-0.2, -0.15) is 0 Å². The maximum Gasteiger partial charge on any atom is 0.404 e. The Hall–Kier alpha value is -3.12. The van der Waals surface area contributed by atoms with Crippen molar-refractivity contribution >= 4 is 12.1 Å². The van der Waals surface area contributed by atoms with Crippen molar-refractivity contribution in [1.82, 2.24) is 0 Å². The summed E-state index contributed by atoms with van der Waals surface area (Å²) in [5.74, 6) is -6.00. The number of aliphatic hydroxyl groups excluding tert-OH is 4. The van der Waals surface area contributed by atoms with Gasteiger partial charge in [-0.25, -0.2) is 9.59 Å². The second-order valence-electron chi connectivity index (χ2n) is 17.5. The normalized spacial score (nSPS) is 42.2. The summed E-state index contributed by atoms with van der Waals surface area (Å²) in [5.41, 5.74) is 6.78. The molecule has 2 fully saturated rings. The van der Waals surface area contributed by atoms with E-state index >= 15 is 0 Å². The van der Waals surface area contributed by atoms with E-state index in [0.29, 0.717) is 18.4 Å². The lowest BCUT2D eigenvalue weighted by molar-refractivity contribution is -0.338. The van der Waals surface area contributed by atoms with E-state index in [0.717, 1.165) is 5.57 Å². The summed E-state index contributed by atoms with van der Waals surface area (Å²) in [6, 6.07) is 0. The average Bonchev–Trinajstić information content (AvgIpc) is 3.19. The molecule has 3 rings (SSSR count). The second kappa shape index (κ2) is 23.5. The van der Waals surface area contributed by atoms with Gasteiger partial charge in [0.25, 0.3) is 0 Å². The van der Waals surface area contributed by atoms with Gasteiger partial charge in [-0.05, 0) is 52.5 Å². The third-order valence-electron chi connectivity index (χ3n) is 12.8. The highest BCUT2D eigenvalue weighted by molar-refractivity contribution is 5.87. The smallest absolute Gasteiger partial charge is 0.404 e. The number of ether oxygens (including phenoxy) is 7. The standard InChI is InChI=1S/C46H75NO14/c1-13-16-34-28(7)37(58-38-22-33(48)43(31(10)57-38)60-45(47)53)23-46(54,61-34)30(9)41(51)29(8)42-35(55-11)18-15-17-24(3)19-26(5)39(49)32(14-2)40(50)27(6)20-25(4)21-36(56-12)44(52)59-42/h13,15-18,20-21,26-35,37-43,48-51,54H,14,19,22-23H2,1-12H3,(H2,47,53)/b16-13+,18-15+,24-17+,25-20+,36-21-/t26-,27-,28-,29+,30+,31-,32?,33-,34-,35+,37-,38+,39+,40-,41-,42?,43-,46-/m1/s1. The molecule has 7 N–H and O–H groups in total. The Morgan fingerprint density at radius 3 is 2.34 bits per heavy atom. The zero-order valence-electron chi connectivity index (χ0n) is 38.2. The highest BCUT2D eigenvalue weighted by Crippen LogP contribution is 2.42. The van der Waals surface area contributed by atoms with Gasteiger partial charge in [-0.1, -0.05) is 89.1 Å². The Morgan fingerprint density at radius 2 is 1.77 bits per heavy atom. The Labute approximate surface area is 362 Å². The quantitative estimate of drug-likeness (QED) is 0.119. The molecule has 0 aromatic heterocycles. The molecule has 15 nitrogen and oxygen atoms in total. The number of nitrogens with two attached hydrogens (primary N) is 1. The summed E-state index contributed by atoms with van der Waals surface area (Å²) in [6.45, 7) is 18.2. The van der Waals surface area contributed by atoms with Crippen LogP contribution in [-0.2, 0) is 38.0 Å². The molecule has 2 saturated heterocycles. The number of rotatable bonds is 11. The molecular weight excluding hydrogens is 790 g/mol. The lowest BCUT2D eigenvalue weighted by Crippen LogP contribution is -2.59. The molecule has 0 spiro atoms. The predicted molar refractivity (Wildman–Crippen MR) is 228 cm³/mol. The van der Waals surface area contributed by atoms with E-state index in [2.05, 4.69) is 0 Å². The first-order chi connectivity index (χ1) is 28.6. The Balaban J connectivity index is 2.00. The summed E-state index contributed by atoms with van der Waals surface area (Å²) >= 11 is 0. The summed E-state index contributed by atoms with van der Waals surface area (Å²) < 4.78 is 41.4. The summed E-state index contributed by atoms with van der Waals surface area (Å²) in [5, 5.41) is 58.0. The van der Waals surface area contributed by atoms with Crippen molar-refractivity contribution in [3.05, 3.63) is 59.4 Å². The van der Waals surface area contributed by atoms with Gasteiger partial charge >= 0.3 is 12.1 Å². The van der Waals surface area contributed by atoms with Crippen molar-refractivity contribution in [3.63, 3.8) is 0 Å². The SMILES string of the molecule is C/C=C/[C@H]1O[C@@](O)([C@@H](C)[C@H](O)[C@H](C)C2OC(=O)/C(OC)=C/C(C)=C/[C@@H](C)[C@@H](O)C(CC)[C@@H](O)[C@H](C)C/C(C)=C/C=C/[C@@H]2OC)C[C@@H](O[C@H]2C[C@@H](O)[C@H](OC(N)=O)[C@@H](C)O2)[C@@H]1C. The highest BCUT2D eigenvalue weighted by atomic mass is 16.7. The summed E-state index contributed by atoms with van der Waals surface area (Å²) in [4.78, 5) is 25.4. The largest absolute Gasteiger partial charge is 0.490 e. The lowest BCUT2D eigenvalue weighted by Gasteiger charge is -2.49. The zero-order valence-corrected chi connectivity index (χ0v) is 38.2. The third-order valence-corrected chi connectivity index (χ3v) is 12.8. The number of hydrogen-bond donors (Lipinski definition) is 6. The summed E-state index contributed by atoms with van der Waals surface area (Å²) in [7, 11) is 2.81. The van der Waals surface area contributed by atoms with E-state index in [1.165, 1.54) is 20.3 Å². The fourth-order valence-electron chi connectivity index (χ4n) is 8.94. The van der Waals surface area contributed by atoms with E-state index in [4.69, 9.17) is 38.9 Å². The third kappa shape index (κ3) is 13.7. The molecule has 0 aromatic rings. The van der Waals surface area contributed by atoms with Crippen LogP contribution in [0.25, 0.3) is 0 Å². The van der Waals surface area contributed by atoms with Crippen LogP contribution in [0.5, 0.6) is 0 Å². The molecule has 61 heavy (non-hydrogen) atoms. The molecule has 0 aromatic carbocycles. The Kier molecular flexibility index (Phi) is 20.1. The number of aliphatic hydroxyl groups is 5. The van der Waals surface area contributed by atoms with Gasteiger partial charge in [0, 0.05) is 49.5 Å². The van der Waals surface area contributed by atoms with E-state index < -0.39 is 97.0 Å². The molecule has 0 aliphatic carbocycles. The fourth-order valence-corrected chi connectivity index (χ4v) is 8.94. The first-order valence-electron chi connectivity index (χ1n) is 21.7. The van der Waals surface area contributed by atoms with Crippen LogP contribution in [-0.4, -0.2) is 125 Å². The van der Waals surface area contributed by atoms with Crippen molar-refractivity contribution in [1.29, 1.82) is 0 Å². The van der Waals surface area contributed by atoms with Crippen molar-refractivity contribution in [3.8, 4) is 0 Å². The minimum atomic E-state index is -1.97. The molecule has 0 saturated carbocycles. The first-order valence-corrected chi connectivity index (χ1v) is 21.7. The van der Waals surface area contributed by atoms with E-state index in [-0.39, 0.29) is 42.3 Å². The minimum Gasteiger partial charge on any atom is -0.490 e. The predicted octanol–water partition coefficient (Wildman–Crippen LogP) is 4.98. The fraction of sp³-hybridized carbons (Fsp3) is 0.739. The van der Waals surface area contributed by atoms with E-state index in [1.807, 2.05) is 53.7 Å². The maximum absolute atomic E-state index is 13.9. The van der Waals surface area contributed by atoms with Gasteiger partial charge in [-0.15, -0.1) is 0 Å². The van der Waals surface area contributed by atoms with Crippen LogP contribution in [0.3, 0.4) is 0 Å². The molecule has 0 bridgehead atoms. The van der Waals surface area contributed by atoms with E-state index in [1.54, 1.807) is 52.0 Å². The van der Waals surface area contributed by atoms with Crippen LogP contribution in [0.4, 0.5) is 4.79 Å². The summed E-state index contributed by atoms with van der Waals surface area (Å²) in [6.07, 6.45) is 2.20. The van der Waals surface area contributed by atoms with Crippen LogP contribution < -0.4 is 5.73 Å². The molecule has 18 atom stereocenters. The maximum atomic E-state index is 13.9. The van der Waals surface area contributed by atoms with Gasteiger partial charge in [0.15, 0.2) is 18.2 Å². The minimum absolute atomic E-state index is 0.0313. The van der Waals surface area contributed by atoms with Crippen molar-refractivity contribution in [2.45, 2.75) is 168 Å². The molecule has 3 aliphatic rings. The lowest BCUT2D eigenvalue weighted by atomic mass is 9.77. The van der Waals surface area contributed by atoms with Gasteiger partial charge in [0.2, 0.25) is 5.76 Å². The number of amides is 1. The van der Waals surface area contributed by atoms with Crippen LogP contribution >= 0.6 is 0 Å². The average molecular weight is 866 g/mol.